The highest BCUT2D eigenvalue weighted by molar-refractivity contribution is 9.10. The number of anilines is 2. The minimum Gasteiger partial charge on any atom is -0.372 e. The van der Waals surface area contributed by atoms with Gasteiger partial charge < -0.3 is 10.2 Å². The SMILES string of the molecule is CCN(CC)c1ccc(N=Nc2c(Br)cc([N+](=O)[O-])cc2C#N)c(NC(C)=O)c1. The number of nitro groups is 1. The molecule has 29 heavy (non-hydrogen) atoms. The number of carbonyl (C=O) groups is 1. The van der Waals surface area contributed by atoms with Gasteiger partial charge in [-0.1, -0.05) is 0 Å². The van der Waals surface area contributed by atoms with Crippen LogP contribution in [0.4, 0.5) is 28.4 Å². The first-order valence-corrected chi connectivity index (χ1v) is 9.56. The average Bonchev–Trinajstić information content (AvgIpc) is 2.68. The van der Waals surface area contributed by atoms with Crippen molar-refractivity contribution in [1.29, 1.82) is 5.26 Å². The molecule has 0 aliphatic rings. The van der Waals surface area contributed by atoms with Gasteiger partial charge in [0.1, 0.15) is 17.4 Å². The van der Waals surface area contributed by atoms with Gasteiger partial charge in [-0.15, -0.1) is 10.2 Å². The second-order valence-electron chi connectivity index (χ2n) is 5.95. The summed E-state index contributed by atoms with van der Waals surface area (Å²) in [6.45, 7) is 7.07. The highest BCUT2D eigenvalue weighted by Crippen LogP contribution is 2.36. The van der Waals surface area contributed by atoms with Crippen LogP contribution in [-0.2, 0) is 4.79 Å². The van der Waals surface area contributed by atoms with Crippen molar-refractivity contribution in [3.63, 3.8) is 0 Å². The van der Waals surface area contributed by atoms with E-state index in [1.54, 1.807) is 12.1 Å². The predicted molar refractivity (Wildman–Crippen MR) is 114 cm³/mol. The number of hydrogen-bond acceptors (Lipinski definition) is 7. The fourth-order valence-electron chi connectivity index (χ4n) is 2.67. The van der Waals surface area contributed by atoms with Crippen molar-refractivity contribution in [3.8, 4) is 6.07 Å². The number of nitrogens with one attached hydrogen (secondary N) is 1. The highest BCUT2D eigenvalue weighted by Gasteiger charge is 2.16. The molecule has 0 fully saturated rings. The Morgan fingerprint density at radius 1 is 1.28 bits per heavy atom. The summed E-state index contributed by atoms with van der Waals surface area (Å²) in [7, 11) is 0. The molecule has 0 aliphatic carbocycles. The van der Waals surface area contributed by atoms with Crippen LogP contribution in [0.15, 0.2) is 45.0 Å². The third-order valence-electron chi connectivity index (χ3n) is 4.06. The van der Waals surface area contributed by atoms with E-state index in [0.717, 1.165) is 24.8 Å². The van der Waals surface area contributed by atoms with E-state index in [0.29, 0.717) is 11.4 Å². The number of benzene rings is 2. The minimum atomic E-state index is -0.590. The third-order valence-corrected chi connectivity index (χ3v) is 4.66. The van der Waals surface area contributed by atoms with Gasteiger partial charge >= 0.3 is 0 Å². The van der Waals surface area contributed by atoms with Crippen LogP contribution in [0.25, 0.3) is 0 Å². The fourth-order valence-corrected chi connectivity index (χ4v) is 3.19. The Morgan fingerprint density at radius 3 is 2.52 bits per heavy atom. The van der Waals surface area contributed by atoms with Crippen molar-refractivity contribution >= 4 is 50.3 Å². The molecule has 0 aromatic heterocycles. The van der Waals surface area contributed by atoms with E-state index in [4.69, 9.17) is 0 Å². The lowest BCUT2D eigenvalue weighted by atomic mass is 10.2. The van der Waals surface area contributed by atoms with Gasteiger partial charge in [0.15, 0.2) is 0 Å². The molecule has 0 unspecified atom stereocenters. The number of rotatable bonds is 7. The number of amides is 1. The monoisotopic (exact) mass is 458 g/mol. The number of non-ortho nitro benzene ring substituents is 1. The van der Waals surface area contributed by atoms with Gasteiger partial charge in [-0.2, -0.15) is 5.26 Å². The van der Waals surface area contributed by atoms with E-state index >= 15 is 0 Å². The number of azo groups is 1. The Morgan fingerprint density at radius 2 is 1.97 bits per heavy atom. The third kappa shape index (κ3) is 5.36. The number of nitriles is 1. The molecular weight excluding hydrogens is 440 g/mol. The smallest absolute Gasteiger partial charge is 0.272 e. The van der Waals surface area contributed by atoms with Gasteiger partial charge in [0, 0.05) is 37.8 Å². The zero-order valence-electron chi connectivity index (χ0n) is 16.1. The zero-order valence-corrected chi connectivity index (χ0v) is 17.7. The molecule has 2 rings (SSSR count). The standard InChI is InChI=1S/C19H19BrN6O3/c1-4-25(5-2)14-6-7-17(18(10-14)22-12(3)27)23-24-19-13(11-21)8-15(26(28)29)9-16(19)20/h6-10H,4-5H2,1-3H3,(H,22,27). The summed E-state index contributed by atoms with van der Waals surface area (Å²) in [6.07, 6.45) is 0. The number of carbonyl (C=O) groups excluding carboxylic acids is 1. The Bertz CT molecular complexity index is 1010. The predicted octanol–water partition coefficient (Wildman–Crippen LogP) is 5.45. The van der Waals surface area contributed by atoms with Crippen LogP contribution in [0, 0.1) is 21.4 Å². The number of nitrogens with zero attached hydrogens (tertiary/aromatic N) is 5. The molecule has 2 aromatic rings. The molecule has 0 radical (unpaired) electrons. The summed E-state index contributed by atoms with van der Waals surface area (Å²) in [5.74, 6) is -0.257. The highest BCUT2D eigenvalue weighted by atomic mass is 79.9. The normalized spacial score (nSPS) is 10.6. The first kappa shape index (κ1) is 22.0. The zero-order chi connectivity index (χ0) is 21.6. The van der Waals surface area contributed by atoms with Crippen molar-refractivity contribution in [2.75, 3.05) is 23.3 Å². The second-order valence-corrected chi connectivity index (χ2v) is 6.80. The van der Waals surface area contributed by atoms with E-state index in [1.807, 2.05) is 26.0 Å². The van der Waals surface area contributed by atoms with Crippen molar-refractivity contribution in [3.05, 3.63) is 50.5 Å². The molecule has 0 aliphatic heterocycles. The molecule has 0 bridgehead atoms. The van der Waals surface area contributed by atoms with Gasteiger partial charge in [-0.25, -0.2) is 0 Å². The Hall–Kier alpha value is -3.32. The minimum absolute atomic E-state index is 0.00987. The van der Waals surface area contributed by atoms with Crippen LogP contribution in [0.5, 0.6) is 0 Å². The largest absolute Gasteiger partial charge is 0.372 e. The molecule has 1 amide bonds. The summed E-state index contributed by atoms with van der Waals surface area (Å²) in [5.41, 5.74) is 1.74. The van der Waals surface area contributed by atoms with E-state index < -0.39 is 4.92 Å². The Balaban J connectivity index is 2.50. The van der Waals surface area contributed by atoms with Crippen LogP contribution in [0.1, 0.15) is 26.3 Å². The van der Waals surface area contributed by atoms with E-state index in [-0.39, 0.29) is 27.3 Å². The van der Waals surface area contributed by atoms with Crippen LogP contribution < -0.4 is 10.2 Å². The van der Waals surface area contributed by atoms with Crippen LogP contribution in [0.3, 0.4) is 0 Å². The molecule has 0 atom stereocenters. The number of nitro benzene ring substituents is 1. The fraction of sp³-hybridized carbons (Fsp3) is 0.263. The average molecular weight is 459 g/mol. The van der Waals surface area contributed by atoms with Crippen LogP contribution in [-0.4, -0.2) is 23.9 Å². The van der Waals surface area contributed by atoms with E-state index in [1.165, 1.54) is 13.0 Å². The van der Waals surface area contributed by atoms with Crippen LogP contribution in [0.2, 0.25) is 0 Å². The van der Waals surface area contributed by atoms with Crippen LogP contribution >= 0.6 is 15.9 Å². The van der Waals surface area contributed by atoms with Gasteiger partial charge in [-0.05, 0) is 48.0 Å². The molecule has 2 aromatic carbocycles. The van der Waals surface area contributed by atoms with Gasteiger partial charge in [-0.3, -0.25) is 14.9 Å². The van der Waals surface area contributed by atoms with Gasteiger partial charge in [0.05, 0.1) is 20.6 Å². The molecule has 0 saturated heterocycles. The maximum Gasteiger partial charge on any atom is 0.272 e. The Labute approximate surface area is 176 Å². The molecule has 0 spiro atoms. The lowest BCUT2D eigenvalue weighted by Crippen LogP contribution is -2.21. The molecule has 1 N–H and O–H groups in total. The van der Waals surface area contributed by atoms with Gasteiger partial charge in [0.2, 0.25) is 5.91 Å². The summed E-state index contributed by atoms with van der Waals surface area (Å²) in [6, 6.07) is 9.67. The quantitative estimate of drug-likeness (QED) is 0.335. The topological polar surface area (TPSA) is 124 Å². The summed E-state index contributed by atoms with van der Waals surface area (Å²) in [5, 5.41) is 31.3. The van der Waals surface area contributed by atoms with E-state index in [9.17, 15) is 20.2 Å². The van der Waals surface area contributed by atoms with Crippen molar-refractivity contribution < 1.29 is 9.72 Å². The maximum atomic E-state index is 11.6. The maximum absolute atomic E-state index is 11.6. The van der Waals surface area contributed by atoms with Crippen molar-refractivity contribution in [2.24, 2.45) is 10.2 Å². The molecule has 150 valence electrons. The van der Waals surface area contributed by atoms with Crippen molar-refractivity contribution in [2.45, 2.75) is 20.8 Å². The van der Waals surface area contributed by atoms with Gasteiger partial charge in [0.25, 0.3) is 5.69 Å². The second kappa shape index (κ2) is 9.75. The first-order chi connectivity index (χ1) is 13.8. The number of halogens is 1. The summed E-state index contributed by atoms with van der Waals surface area (Å²) in [4.78, 5) is 24.1. The number of hydrogen-bond donors (Lipinski definition) is 1. The van der Waals surface area contributed by atoms with Crippen molar-refractivity contribution in [1.82, 2.24) is 0 Å². The molecular formula is C19H19BrN6O3. The summed E-state index contributed by atoms with van der Waals surface area (Å²) >= 11 is 3.20. The Kier molecular flexibility index (Phi) is 7.39. The molecule has 0 heterocycles. The first-order valence-electron chi connectivity index (χ1n) is 8.77. The molecule has 10 heteroatoms. The summed E-state index contributed by atoms with van der Waals surface area (Å²) < 4.78 is 0.271. The lowest BCUT2D eigenvalue weighted by Gasteiger charge is -2.22. The molecule has 0 saturated carbocycles. The molecule has 9 nitrogen and oxygen atoms in total. The van der Waals surface area contributed by atoms with E-state index in [2.05, 4.69) is 36.4 Å². The lowest BCUT2D eigenvalue weighted by molar-refractivity contribution is -0.384.